The van der Waals surface area contributed by atoms with Crippen molar-refractivity contribution < 1.29 is 35.8 Å². The molecule has 23 heteroatoms. The Morgan fingerprint density at radius 3 is 1.84 bits per heavy atom. The van der Waals surface area contributed by atoms with E-state index in [-0.39, 0.29) is 45.3 Å². The minimum atomic E-state index is -3.89. The monoisotopic (exact) mass is 1100 g/mol. The second-order valence-electron chi connectivity index (χ2n) is 19.0. The molecule has 0 atom stereocenters. The largest absolute Gasteiger partial charge is 0.493 e. The summed E-state index contributed by atoms with van der Waals surface area (Å²) in [6.07, 6.45) is 6.86. The molecule has 414 valence electrons. The smallest absolute Gasteiger partial charge is 0.334 e. The van der Waals surface area contributed by atoms with Crippen LogP contribution in [0.15, 0.2) is 74.0 Å². The molecule has 0 radical (unpaired) electrons. The van der Waals surface area contributed by atoms with E-state index in [1.807, 2.05) is 39.8 Å². The van der Waals surface area contributed by atoms with Gasteiger partial charge >= 0.3 is 11.4 Å². The molecule has 2 aliphatic rings. The molecule has 4 aromatic heterocycles. The van der Waals surface area contributed by atoms with Crippen molar-refractivity contribution in [1.82, 2.24) is 52.2 Å². The van der Waals surface area contributed by atoms with Crippen LogP contribution in [0, 0.1) is 6.92 Å². The summed E-state index contributed by atoms with van der Waals surface area (Å²) in [4.78, 5) is 53.3. The number of imidazole rings is 2. The van der Waals surface area contributed by atoms with E-state index in [1.54, 1.807) is 58.5 Å². The number of rotatable bonds is 20. The van der Waals surface area contributed by atoms with Crippen LogP contribution in [0.4, 0.5) is 0 Å². The van der Waals surface area contributed by atoms with Gasteiger partial charge in [-0.1, -0.05) is 46.1 Å². The number of ether oxygens (including phenoxy) is 4. The molecule has 7 aromatic rings. The number of nitrogens with one attached hydrogen (secondary N) is 2. The summed E-state index contributed by atoms with van der Waals surface area (Å²) in [6.45, 7) is 15.7. The van der Waals surface area contributed by atoms with Crippen LogP contribution in [0.2, 0.25) is 0 Å². The van der Waals surface area contributed by atoms with Gasteiger partial charge in [0.2, 0.25) is 20.0 Å². The van der Waals surface area contributed by atoms with Crippen LogP contribution in [0.25, 0.3) is 34.1 Å². The Balaban J connectivity index is 0.000000207. The summed E-state index contributed by atoms with van der Waals surface area (Å²) in [5.41, 5.74) is 3.56. The number of hydrogen-bond acceptors (Lipinski definition) is 15. The van der Waals surface area contributed by atoms with E-state index in [1.165, 1.54) is 29.5 Å². The minimum Gasteiger partial charge on any atom is -0.493 e. The molecular weight excluding hydrogens is 1030 g/mol. The van der Waals surface area contributed by atoms with Gasteiger partial charge in [-0.25, -0.2) is 59.5 Å². The number of likely N-dealkylation sites (N-methyl/N-ethyl adjacent to an activating group) is 2. The lowest BCUT2D eigenvalue weighted by atomic mass is 10.0. The van der Waals surface area contributed by atoms with E-state index in [4.69, 9.17) is 33.9 Å². The Hall–Kier alpha value is -6.66. The van der Waals surface area contributed by atoms with Crippen LogP contribution < -0.4 is 30.3 Å². The first-order chi connectivity index (χ1) is 37.0. The summed E-state index contributed by atoms with van der Waals surface area (Å²) in [5.74, 6) is 4.04. The summed E-state index contributed by atoms with van der Waals surface area (Å²) >= 11 is 0. The van der Waals surface area contributed by atoms with Gasteiger partial charge in [-0.05, 0) is 107 Å². The number of methoxy groups -OCH3 is 2. The van der Waals surface area contributed by atoms with E-state index in [2.05, 4.69) is 26.8 Å². The number of aryl methyl sites for hydroxylation is 3. The second-order valence-corrected chi connectivity index (χ2v) is 23.0. The Labute approximate surface area is 449 Å². The van der Waals surface area contributed by atoms with Crippen molar-refractivity contribution in [2.24, 2.45) is 0 Å². The van der Waals surface area contributed by atoms with Crippen LogP contribution in [0.3, 0.4) is 0 Å². The molecule has 1 saturated carbocycles. The maximum atomic E-state index is 13.7. The van der Waals surface area contributed by atoms with Crippen molar-refractivity contribution in [3.05, 3.63) is 104 Å². The zero-order valence-corrected chi connectivity index (χ0v) is 47.1. The van der Waals surface area contributed by atoms with E-state index in [0.29, 0.717) is 116 Å². The topological polar surface area (TPSA) is 241 Å². The molecule has 2 N–H and O–H groups in total. The predicted octanol–water partition coefficient (Wildman–Crippen LogP) is 6.65. The van der Waals surface area contributed by atoms with Crippen molar-refractivity contribution in [2.75, 3.05) is 73.7 Å². The molecule has 3 aromatic carbocycles. The van der Waals surface area contributed by atoms with E-state index < -0.39 is 20.0 Å². The molecule has 9 rings (SSSR count). The lowest BCUT2D eigenvalue weighted by Gasteiger charge is -2.33. The molecule has 2 fully saturated rings. The Morgan fingerprint density at radius 1 is 0.675 bits per heavy atom. The zero-order chi connectivity index (χ0) is 55.2. The molecule has 5 heterocycles. The number of nitrogens with zero attached hydrogens (tertiary/aromatic N) is 9. The number of sulfonamides is 2. The molecule has 0 amide bonds. The van der Waals surface area contributed by atoms with Gasteiger partial charge in [0.05, 0.1) is 59.7 Å². The van der Waals surface area contributed by atoms with Crippen molar-refractivity contribution in [3.8, 4) is 45.8 Å². The van der Waals surface area contributed by atoms with Crippen LogP contribution >= 0.6 is 0 Å². The van der Waals surface area contributed by atoms with Gasteiger partial charge < -0.3 is 23.8 Å². The van der Waals surface area contributed by atoms with E-state index in [9.17, 15) is 26.4 Å². The van der Waals surface area contributed by atoms with Crippen LogP contribution in [0.5, 0.6) is 23.0 Å². The van der Waals surface area contributed by atoms with Crippen molar-refractivity contribution in [1.29, 1.82) is 0 Å². The summed E-state index contributed by atoms with van der Waals surface area (Å²) in [7, 11) is -2.93. The van der Waals surface area contributed by atoms with E-state index in [0.717, 1.165) is 55.6 Å². The van der Waals surface area contributed by atoms with Gasteiger partial charge in [-0.2, -0.15) is 4.31 Å². The first kappa shape index (κ1) is 56.5. The predicted molar refractivity (Wildman–Crippen MR) is 294 cm³/mol. The number of aromatic amines is 2. The van der Waals surface area contributed by atoms with Gasteiger partial charge in [-0.3, -0.25) is 9.97 Å². The maximum Gasteiger partial charge on any atom is 0.334 e. The molecule has 0 unspecified atom stereocenters. The highest BCUT2D eigenvalue weighted by molar-refractivity contribution is 7.89. The van der Waals surface area contributed by atoms with Crippen molar-refractivity contribution in [3.63, 3.8) is 0 Å². The maximum absolute atomic E-state index is 13.7. The number of aromatic nitrogens is 8. The highest BCUT2D eigenvalue weighted by Gasteiger charge is 2.31. The normalized spacial score (nSPS) is 14.8. The minimum absolute atomic E-state index is 0.0685. The van der Waals surface area contributed by atoms with Gasteiger partial charge in [0.15, 0.2) is 22.8 Å². The fourth-order valence-corrected chi connectivity index (χ4v) is 12.7. The number of H-pyrrole nitrogens is 2. The first-order valence-electron chi connectivity index (χ1n) is 26.4. The van der Waals surface area contributed by atoms with Crippen LogP contribution in [-0.2, 0) is 39.3 Å². The van der Waals surface area contributed by atoms with Gasteiger partial charge in [0, 0.05) is 52.1 Å². The third-order valence-corrected chi connectivity index (χ3v) is 17.9. The Bertz CT molecular complexity index is 3580. The van der Waals surface area contributed by atoms with Gasteiger partial charge in [0.1, 0.15) is 34.8 Å². The molecule has 0 spiro atoms. The summed E-state index contributed by atoms with van der Waals surface area (Å²) < 4.78 is 82.4. The SMILES string of the molecule is CCCc1nc(CC)n2c(=O)[nH]c(-c3cc(S(=O)(=O)N4CCN(CC)CC4)ccc3OCC)nc12.CCOc1ccc(S(=O)(=O)N(C)CCc2ccc(OC)c(OC)c2)cc1-c1nc2c(C3CCCC3)nc(C)n2c(=O)[nH]1. The fraction of sp³-hybridized carbons (Fsp3) is 0.481. The third-order valence-electron chi connectivity index (χ3n) is 14.2. The molecule has 1 saturated heterocycles. The molecule has 21 nitrogen and oxygen atoms in total. The number of benzene rings is 3. The number of hydrogen-bond donors (Lipinski definition) is 2. The van der Waals surface area contributed by atoms with Crippen molar-refractivity contribution in [2.45, 2.75) is 109 Å². The second kappa shape index (κ2) is 24.3. The molecule has 1 aliphatic heterocycles. The summed E-state index contributed by atoms with van der Waals surface area (Å²) in [6, 6.07) is 14.9. The van der Waals surface area contributed by atoms with Crippen molar-refractivity contribution >= 4 is 31.3 Å². The first-order valence-corrected chi connectivity index (χ1v) is 29.3. The fourth-order valence-electron chi connectivity index (χ4n) is 10.0. The summed E-state index contributed by atoms with van der Waals surface area (Å²) in [5, 5.41) is 0. The standard InChI is InChI=1S/C30H37N5O6S.C24H34N6O4S/c1-6-41-24-14-12-22(42(37,38)34(3)16-15-20-11-13-25(39-4)26(17-20)40-5)18-23(24)28-32-29-27(21-9-7-8-10-21)31-19(2)35(29)30(36)33-28;1-5-9-19-23-26-22(27-24(31)30(23)21(6-2)25-19)18-16-17(10-11-20(18)34-8-4)35(32,33)29-14-12-28(7-3)13-15-29/h11-14,17-18,21H,6-10,15-16H2,1-5H3,(H,32,33,36);10-11,16H,5-9,12-15H2,1-4H3,(H,26,27,31). The molecule has 0 bridgehead atoms. The Morgan fingerprint density at radius 2 is 1.26 bits per heavy atom. The lowest BCUT2D eigenvalue weighted by molar-refractivity contribution is 0.196. The highest BCUT2D eigenvalue weighted by atomic mass is 32.2. The quantitative estimate of drug-likeness (QED) is 0.0812. The van der Waals surface area contributed by atoms with Crippen LogP contribution in [-0.4, -0.2) is 143 Å². The number of fused-ring (bicyclic) bond motifs is 2. The molecule has 1 aliphatic carbocycles. The number of piperazine rings is 1. The lowest BCUT2D eigenvalue weighted by Crippen LogP contribution is -2.48. The van der Waals surface area contributed by atoms with Gasteiger partial charge in [0.25, 0.3) is 0 Å². The average molecular weight is 1100 g/mol. The molecular formula is C54H71N11O10S2. The van der Waals surface area contributed by atoms with E-state index >= 15 is 0 Å². The Kier molecular flexibility index (Phi) is 17.9. The third kappa shape index (κ3) is 11.8. The zero-order valence-electron chi connectivity index (χ0n) is 45.5. The highest BCUT2D eigenvalue weighted by Crippen LogP contribution is 2.37. The average Bonchev–Trinajstić information content (AvgIpc) is 4.22. The van der Waals surface area contributed by atoms with Crippen LogP contribution in [0.1, 0.15) is 101 Å². The van der Waals surface area contributed by atoms with Gasteiger partial charge in [-0.15, -0.1) is 0 Å². The molecule has 77 heavy (non-hydrogen) atoms.